The second kappa shape index (κ2) is 5.89. The number of rotatable bonds is 4. The summed E-state index contributed by atoms with van der Waals surface area (Å²) in [5.41, 5.74) is 0. The molecule has 1 aliphatic carbocycles. The van der Waals surface area contributed by atoms with Crippen LogP contribution in [0.25, 0.3) is 0 Å². The van der Waals surface area contributed by atoms with Gasteiger partial charge in [0.1, 0.15) is 0 Å². The van der Waals surface area contributed by atoms with E-state index in [1.807, 2.05) is 0 Å². The van der Waals surface area contributed by atoms with E-state index in [2.05, 4.69) is 27.7 Å². The van der Waals surface area contributed by atoms with Gasteiger partial charge >= 0.3 is 0 Å². The highest BCUT2D eigenvalue weighted by Crippen LogP contribution is 2.39. The van der Waals surface area contributed by atoms with Gasteiger partial charge in [0.05, 0.1) is 6.10 Å². The quantitative estimate of drug-likeness (QED) is 0.750. The molecule has 15 heavy (non-hydrogen) atoms. The van der Waals surface area contributed by atoms with E-state index in [9.17, 15) is 5.11 Å². The first kappa shape index (κ1) is 13.0. The van der Waals surface area contributed by atoms with Crippen LogP contribution in [0.3, 0.4) is 0 Å². The van der Waals surface area contributed by atoms with Crippen molar-refractivity contribution in [2.45, 2.75) is 65.9 Å². The second-order valence-corrected chi connectivity index (χ2v) is 5.81. The van der Waals surface area contributed by atoms with E-state index in [0.717, 1.165) is 30.6 Å². The SMILES string of the molecule is CCC[C@@H](O)[C@H]1C[C@H](C(C)C)CC[C@@H]1C. The van der Waals surface area contributed by atoms with Crippen molar-refractivity contribution in [2.75, 3.05) is 0 Å². The Morgan fingerprint density at radius 2 is 1.93 bits per heavy atom. The van der Waals surface area contributed by atoms with Gasteiger partial charge in [-0.2, -0.15) is 0 Å². The van der Waals surface area contributed by atoms with Gasteiger partial charge in [-0.3, -0.25) is 0 Å². The van der Waals surface area contributed by atoms with Gasteiger partial charge in [0.2, 0.25) is 0 Å². The van der Waals surface area contributed by atoms with Crippen LogP contribution in [0, 0.1) is 23.7 Å². The lowest BCUT2D eigenvalue weighted by Crippen LogP contribution is -2.34. The second-order valence-electron chi connectivity index (χ2n) is 5.81. The van der Waals surface area contributed by atoms with E-state index in [0.29, 0.717) is 5.92 Å². The van der Waals surface area contributed by atoms with E-state index < -0.39 is 0 Å². The predicted octanol–water partition coefficient (Wildman–Crippen LogP) is 3.86. The summed E-state index contributed by atoms with van der Waals surface area (Å²) in [5, 5.41) is 10.1. The third kappa shape index (κ3) is 3.48. The van der Waals surface area contributed by atoms with Gasteiger partial charge in [-0.05, 0) is 42.9 Å². The largest absolute Gasteiger partial charge is 0.393 e. The molecule has 0 aliphatic heterocycles. The summed E-state index contributed by atoms with van der Waals surface area (Å²) in [5.74, 6) is 2.92. The minimum Gasteiger partial charge on any atom is -0.393 e. The molecule has 0 unspecified atom stereocenters. The molecular weight excluding hydrogens is 184 g/mol. The monoisotopic (exact) mass is 212 g/mol. The summed E-state index contributed by atoms with van der Waals surface area (Å²) in [4.78, 5) is 0. The van der Waals surface area contributed by atoms with E-state index >= 15 is 0 Å². The van der Waals surface area contributed by atoms with Crippen molar-refractivity contribution in [1.82, 2.24) is 0 Å². The lowest BCUT2D eigenvalue weighted by Gasteiger charge is -2.38. The molecule has 90 valence electrons. The fourth-order valence-electron chi connectivity index (χ4n) is 3.04. The lowest BCUT2D eigenvalue weighted by atomic mass is 9.69. The van der Waals surface area contributed by atoms with Gasteiger partial charge in [0.25, 0.3) is 0 Å². The van der Waals surface area contributed by atoms with E-state index in [1.165, 1.54) is 19.3 Å². The topological polar surface area (TPSA) is 20.2 Å². The van der Waals surface area contributed by atoms with Crippen LogP contribution in [-0.2, 0) is 0 Å². The van der Waals surface area contributed by atoms with Gasteiger partial charge in [-0.15, -0.1) is 0 Å². The Balaban J connectivity index is 2.52. The molecule has 1 heteroatoms. The predicted molar refractivity (Wildman–Crippen MR) is 65.7 cm³/mol. The molecule has 0 amide bonds. The molecule has 1 rings (SSSR count). The Morgan fingerprint density at radius 3 is 2.47 bits per heavy atom. The molecule has 0 bridgehead atoms. The fraction of sp³-hybridized carbons (Fsp3) is 1.00. The zero-order valence-corrected chi connectivity index (χ0v) is 10.9. The maximum atomic E-state index is 10.1. The van der Waals surface area contributed by atoms with Crippen molar-refractivity contribution in [3.63, 3.8) is 0 Å². The standard InChI is InChI=1S/C14H28O/c1-5-6-14(15)13-9-12(10(2)3)8-7-11(13)4/h10-15H,5-9H2,1-4H3/t11-,12+,13-,14+/m0/s1. The van der Waals surface area contributed by atoms with Crippen LogP contribution in [0.15, 0.2) is 0 Å². The molecule has 0 heterocycles. The Labute approximate surface area is 95.3 Å². The third-order valence-electron chi connectivity index (χ3n) is 4.32. The van der Waals surface area contributed by atoms with E-state index in [1.54, 1.807) is 0 Å². The summed E-state index contributed by atoms with van der Waals surface area (Å²) in [6, 6.07) is 0. The summed E-state index contributed by atoms with van der Waals surface area (Å²) in [6.45, 7) is 9.13. The molecule has 0 aromatic heterocycles. The summed E-state index contributed by atoms with van der Waals surface area (Å²) in [7, 11) is 0. The number of hydrogen-bond acceptors (Lipinski definition) is 1. The summed E-state index contributed by atoms with van der Waals surface area (Å²) in [6.07, 6.45) is 5.98. The van der Waals surface area contributed by atoms with Crippen molar-refractivity contribution in [3.05, 3.63) is 0 Å². The highest BCUT2D eigenvalue weighted by atomic mass is 16.3. The van der Waals surface area contributed by atoms with Gasteiger partial charge in [0.15, 0.2) is 0 Å². The third-order valence-corrected chi connectivity index (χ3v) is 4.32. The first-order chi connectivity index (χ1) is 7.06. The number of hydrogen-bond donors (Lipinski definition) is 1. The number of aliphatic hydroxyl groups is 1. The normalized spacial score (nSPS) is 34.4. The van der Waals surface area contributed by atoms with E-state index in [-0.39, 0.29) is 6.10 Å². The van der Waals surface area contributed by atoms with E-state index in [4.69, 9.17) is 0 Å². The van der Waals surface area contributed by atoms with Gasteiger partial charge in [-0.1, -0.05) is 40.5 Å². The molecular formula is C14H28O. The smallest absolute Gasteiger partial charge is 0.0570 e. The van der Waals surface area contributed by atoms with Gasteiger partial charge in [-0.25, -0.2) is 0 Å². The summed E-state index contributed by atoms with van der Waals surface area (Å²) < 4.78 is 0. The van der Waals surface area contributed by atoms with Crippen molar-refractivity contribution in [3.8, 4) is 0 Å². The average molecular weight is 212 g/mol. The maximum Gasteiger partial charge on any atom is 0.0570 e. The highest BCUT2D eigenvalue weighted by molar-refractivity contribution is 4.83. The minimum absolute atomic E-state index is 0.0495. The minimum atomic E-state index is -0.0495. The first-order valence-corrected chi connectivity index (χ1v) is 6.74. The van der Waals surface area contributed by atoms with Crippen LogP contribution in [0.4, 0.5) is 0 Å². The van der Waals surface area contributed by atoms with Crippen molar-refractivity contribution >= 4 is 0 Å². The van der Waals surface area contributed by atoms with Crippen LogP contribution in [-0.4, -0.2) is 11.2 Å². The summed E-state index contributed by atoms with van der Waals surface area (Å²) >= 11 is 0. The van der Waals surface area contributed by atoms with Crippen molar-refractivity contribution in [1.29, 1.82) is 0 Å². The van der Waals surface area contributed by atoms with Crippen LogP contribution in [0.1, 0.15) is 59.8 Å². The van der Waals surface area contributed by atoms with Gasteiger partial charge in [0, 0.05) is 0 Å². The molecule has 0 aromatic rings. The first-order valence-electron chi connectivity index (χ1n) is 6.74. The molecule has 0 spiro atoms. The molecule has 1 saturated carbocycles. The Morgan fingerprint density at radius 1 is 1.27 bits per heavy atom. The molecule has 0 saturated heterocycles. The number of aliphatic hydroxyl groups excluding tert-OH is 1. The zero-order chi connectivity index (χ0) is 11.4. The zero-order valence-electron chi connectivity index (χ0n) is 10.9. The Kier molecular flexibility index (Phi) is 5.11. The maximum absolute atomic E-state index is 10.1. The fourth-order valence-corrected chi connectivity index (χ4v) is 3.04. The molecule has 1 aliphatic rings. The van der Waals surface area contributed by atoms with Crippen LogP contribution in [0.2, 0.25) is 0 Å². The average Bonchev–Trinajstić information content (AvgIpc) is 2.18. The highest BCUT2D eigenvalue weighted by Gasteiger charge is 2.32. The Bertz CT molecular complexity index is 176. The van der Waals surface area contributed by atoms with Crippen LogP contribution in [0.5, 0.6) is 0 Å². The molecule has 0 aromatic carbocycles. The molecule has 1 nitrogen and oxygen atoms in total. The van der Waals surface area contributed by atoms with Gasteiger partial charge < -0.3 is 5.11 Å². The van der Waals surface area contributed by atoms with Crippen molar-refractivity contribution < 1.29 is 5.11 Å². The van der Waals surface area contributed by atoms with Crippen LogP contribution >= 0.6 is 0 Å². The molecule has 0 radical (unpaired) electrons. The van der Waals surface area contributed by atoms with Crippen molar-refractivity contribution in [2.24, 2.45) is 23.7 Å². The lowest BCUT2D eigenvalue weighted by molar-refractivity contribution is 0.0222. The molecule has 4 atom stereocenters. The van der Waals surface area contributed by atoms with Crippen LogP contribution < -0.4 is 0 Å². The molecule has 1 N–H and O–H groups in total. The Hall–Kier alpha value is -0.0400. The molecule has 1 fully saturated rings.